The number of carbonyl (C=O) groups is 2. The molecule has 2 aromatic carbocycles. The van der Waals surface area contributed by atoms with Gasteiger partial charge in [-0.2, -0.15) is 0 Å². The number of benzene rings is 2. The number of ether oxygens (including phenoxy) is 2. The number of methoxy groups -OCH3 is 1. The van der Waals surface area contributed by atoms with Crippen LogP contribution in [0.3, 0.4) is 0 Å². The lowest BCUT2D eigenvalue weighted by atomic mass is 9.98. The molecule has 5 nitrogen and oxygen atoms in total. The molecule has 0 aliphatic heterocycles. The van der Waals surface area contributed by atoms with Crippen LogP contribution < -0.4 is 5.73 Å². The highest BCUT2D eigenvalue weighted by molar-refractivity contribution is 5.85. The normalized spacial score (nSPS) is 13.0. The number of Topliss-reactive ketones (excluding diaryl/α,β-unsaturated/α-hetero) is 1. The molecule has 2 atom stereocenters. The van der Waals surface area contributed by atoms with Gasteiger partial charge in [-0.3, -0.25) is 4.79 Å². The van der Waals surface area contributed by atoms with E-state index in [1.165, 1.54) is 7.11 Å². The molecule has 0 aromatic heterocycles. The van der Waals surface area contributed by atoms with E-state index in [-0.39, 0.29) is 12.2 Å². The number of hydrogen-bond donors (Lipinski definition) is 1. The summed E-state index contributed by atoms with van der Waals surface area (Å²) in [5.41, 5.74) is 6.87. The minimum atomic E-state index is -0.891. The molecule has 126 valence electrons. The molecule has 0 saturated heterocycles. The zero-order chi connectivity index (χ0) is 17.4. The Bertz CT molecular complexity index is 658. The van der Waals surface area contributed by atoms with Crippen LogP contribution in [-0.2, 0) is 20.7 Å². The van der Waals surface area contributed by atoms with Gasteiger partial charge in [0.25, 0.3) is 0 Å². The maximum Gasteiger partial charge on any atom is 0.404 e. The summed E-state index contributed by atoms with van der Waals surface area (Å²) < 4.78 is 10.5. The first-order chi connectivity index (χ1) is 11.6. The molecule has 0 bridgehead atoms. The minimum Gasteiger partial charge on any atom is -0.446 e. The van der Waals surface area contributed by atoms with Gasteiger partial charge < -0.3 is 15.2 Å². The van der Waals surface area contributed by atoms with Gasteiger partial charge in [0.15, 0.2) is 5.78 Å². The van der Waals surface area contributed by atoms with Crippen molar-refractivity contribution >= 4 is 11.9 Å². The van der Waals surface area contributed by atoms with Gasteiger partial charge >= 0.3 is 6.09 Å². The molecule has 2 aromatic rings. The van der Waals surface area contributed by atoms with Gasteiger partial charge in [0.2, 0.25) is 0 Å². The second-order valence-corrected chi connectivity index (χ2v) is 5.45. The zero-order valence-corrected chi connectivity index (χ0v) is 13.6. The van der Waals surface area contributed by atoms with Crippen molar-refractivity contribution < 1.29 is 19.1 Å². The Morgan fingerprint density at radius 3 is 2.12 bits per heavy atom. The quantitative estimate of drug-likeness (QED) is 0.808. The van der Waals surface area contributed by atoms with E-state index in [4.69, 9.17) is 15.2 Å². The van der Waals surface area contributed by atoms with Crippen molar-refractivity contribution in [3.63, 3.8) is 0 Å². The molecule has 5 heteroatoms. The molecule has 0 aliphatic carbocycles. The summed E-state index contributed by atoms with van der Waals surface area (Å²) in [6.45, 7) is 0. The summed E-state index contributed by atoms with van der Waals surface area (Å²) in [5.74, 6) is -0.161. The summed E-state index contributed by atoms with van der Waals surface area (Å²) in [4.78, 5) is 23.7. The summed E-state index contributed by atoms with van der Waals surface area (Å²) in [5, 5.41) is 0. The van der Waals surface area contributed by atoms with Crippen molar-refractivity contribution in [3.05, 3.63) is 71.8 Å². The van der Waals surface area contributed by atoms with E-state index in [1.807, 2.05) is 60.7 Å². The van der Waals surface area contributed by atoms with Gasteiger partial charge in [-0.15, -0.1) is 0 Å². The van der Waals surface area contributed by atoms with Crippen LogP contribution in [0.1, 0.15) is 23.7 Å². The van der Waals surface area contributed by atoms with Gasteiger partial charge in [0.05, 0.1) is 0 Å². The third kappa shape index (κ3) is 5.21. The number of carbonyl (C=O) groups excluding carboxylic acids is 2. The largest absolute Gasteiger partial charge is 0.446 e. The fourth-order valence-electron chi connectivity index (χ4n) is 2.61. The van der Waals surface area contributed by atoms with E-state index in [1.54, 1.807) is 0 Å². The molecule has 0 saturated carbocycles. The molecule has 2 N–H and O–H groups in total. The van der Waals surface area contributed by atoms with Crippen molar-refractivity contribution in [1.29, 1.82) is 0 Å². The predicted octanol–water partition coefficient (Wildman–Crippen LogP) is 3.04. The number of nitrogens with two attached hydrogens (primary N) is 1. The fourth-order valence-corrected chi connectivity index (χ4v) is 2.61. The first-order valence-electron chi connectivity index (χ1n) is 7.70. The highest BCUT2D eigenvalue weighted by atomic mass is 16.6. The summed E-state index contributed by atoms with van der Waals surface area (Å²) >= 11 is 0. The van der Waals surface area contributed by atoms with E-state index in [0.717, 1.165) is 11.1 Å². The lowest BCUT2D eigenvalue weighted by molar-refractivity contribution is -0.131. The fraction of sp³-hybridized carbons (Fsp3) is 0.263. The molecular weight excluding hydrogens is 306 g/mol. The monoisotopic (exact) mass is 327 g/mol. The molecule has 0 heterocycles. The Labute approximate surface area is 141 Å². The Morgan fingerprint density at radius 1 is 1.00 bits per heavy atom. The van der Waals surface area contributed by atoms with E-state index in [0.29, 0.717) is 6.42 Å². The van der Waals surface area contributed by atoms with Crippen molar-refractivity contribution in [1.82, 2.24) is 0 Å². The lowest BCUT2D eigenvalue weighted by Gasteiger charge is -2.20. The van der Waals surface area contributed by atoms with E-state index in [9.17, 15) is 9.59 Å². The molecule has 0 radical (unpaired) electrons. The van der Waals surface area contributed by atoms with Crippen molar-refractivity contribution in [2.75, 3.05) is 7.11 Å². The molecule has 0 fully saturated rings. The van der Waals surface area contributed by atoms with Gasteiger partial charge in [-0.25, -0.2) is 4.79 Å². The van der Waals surface area contributed by atoms with Gasteiger partial charge in [-0.05, 0) is 11.1 Å². The Hall–Kier alpha value is -2.66. The highest BCUT2D eigenvalue weighted by Gasteiger charge is 2.25. The molecule has 0 unspecified atom stereocenters. The van der Waals surface area contributed by atoms with Crippen molar-refractivity contribution in [3.8, 4) is 0 Å². The Balaban J connectivity index is 2.09. The lowest BCUT2D eigenvalue weighted by Crippen LogP contribution is -2.29. The molecule has 0 aliphatic rings. The predicted molar refractivity (Wildman–Crippen MR) is 90.4 cm³/mol. The smallest absolute Gasteiger partial charge is 0.404 e. The first-order valence-corrected chi connectivity index (χ1v) is 7.70. The van der Waals surface area contributed by atoms with E-state index < -0.39 is 18.3 Å². The minimum absolute atomic E-state index is 0.0330. The van der Waals surface area contributed by atoms with Crippen LogP contribution in [0, 0.1) is 0 Å². The Morgan fingerprint density at radius 2 is 1.58 bits per heavy atom. The van der Waals surface area contributed by atoms with Crippen LogP contribution >= 0.6 is 0 Å². The number of rotatable bonds is 8. The van der Waals surface area contributed by atoms with Crippen molar-refractivity contribution in [2.45, 2.75) is 25.0 Å². The number of ketones is 1. The molecule has 0 spiro atoms. The first kappa shape index (κ1) is 17.7. The second-order valence-electron chi connectivity index (χ2n) is 5.45. The topological polar surface area (TPSA) is 78.6 Å². The SMILES string of the molecule is CO[C@@H](C(=O)C[C@@H](Cc1ccccc1)OC(N)=O)c1ccccc1. The maximum atomic E-state index is 12.6. The molecular formula is C19H21NO4. The Kier molecular flexibility index (Phi) is 6.51. The number of primary amides is 1. The molecule has 24 heavy (non-hydrogen) atoms. The highest BCUT2D eigenvalue weighted by Crippen LogP contribution is 2.21. The number of hydrogen-bond acceptors (Lipinski definition) is 4. The van der Waals surface area contributed by atoms with E-state index in [2.05, 4.69) is 0 Å². The van der Waals surface area contributed by atoms with Gasteiger partial charge in [0.1, 0.15) is 12.2 Å². The standard InChI is InChI=1S/C19H21NO4/c1-23-18(15-10-6-3-7-11-15)17(21)13-16(24-19(20)22)12-14-8-4-2-5-9-14/h2-11,16,18H,12-13H2,1H3,(H2,20,22)/t16-,18-/m1/s1. The summed E-state index contributed by atoms with van der Waals surface area (Å²) in [6, 6.07) is 18.7. The van der Waals surface area contributed by atoms with E-state index >= 15 is 0 Å². The third-order valence-corrected chi connectivity index (χ3v) is 3.65. The molecule has 2 rings (SSSR count). The molecule has 1 amide bonds. The van der Waals surface area contributed by atoms with Crippen LogP contribution in [0.25, 0.3) is 0 Å². The van der Waals surface area contributed by atoms with Crippen LogP contribution in [0.15, 0.2) is 60.7 Å². The zero-order valence-electron chi connectivity index (χ0n) is 13.6. The average molecular weight is 327 g/mol. The summed E-state index contributed by atoms with van der Waals surface area (Å²) in [7, 11) is 1.48. The van der Waals surface area contributed by atoms with Crippen LogP contribution in [0.4, 0.5) is 4.79 Å². The average Bonchev–Trinajstić information content (AvgIpc) is 2.57. The summed E-state index contributed by atoms with van der Waals surface area (Å²) in [6.07, 6.45) is -1.76. The van der Waals surface area contributed by atoms with Crippen molar-refractivity contribution in [2.24, 2.45) is 5.73 Å². The van der Waals surface area contributed by atoms with Gasteiger partial charge in [0, 0.05) is 20.0 Å². The second kappa shape index (κ2) is 8.84. The van der Waals surface area contributed by atoms with Crippen LogP contribution in [-0.4, -0.2) is 25.1 Å². The van der Waals surface area contributed by atoms with Gasteiger partial charge in [-0.1, -0.05) is 60.7 Å². The number of amides is 1. The third-order valence-electron chi connectivity index (χ3n) is 3.65. The maximum absolute atomic E-state index is 12.6. The van der Waals surface area contributed by atoms with Crippen LogP contribution in [0.2, 0.25) is 0 Å². The van der Waals surface area contributed by atoms with Crippen LogP contribution in [0.5, 0.6) is 0 Å².